The van der Waals surface area contributed by atoms with Gasteiger partial charge in [0.05, 0.1) is 11.6 Å². The van der Waals surface area contributed by atoms with Crippen LogP contribution >= 0.6 is 0 Å². The van der Waals surface area contributed by atoms with Crippen molar-refractivity contribution in [2.45, 2.75) is 51.6 Å². The molecule has 1 aromatic rings. The summed E-state index contributed by atoms with van der Waals surface area (Å²) < 4.78 is 0. The van der Waals surface area contributed by atoms with E-state index in [1.807, 2.05) is 26.0 Å². The molecule has 2 rings (SSSR count). The summed E-state index contributed by atoms with van der Waals surface area (Å²) in [7, 11) is 0. The van der Waals surface area contributed by atoms with Crippen LogP contribution in [0.15, 0.2) is 24.3 Å². The Morgan fingerprint density at radius 1 is 1.24 bits per heavy atom. The summed E-state index contributed by atoms with van der Waals surface area (Å²) in [4.78, 5) is 23.7. The van der Waals surface area contributed by atoms with Crippen LogP contribution in [-0.2, 0) is 4.79 Å². The van der Waals surface area contributed by atoms with Gasteiger partial charge in [-0.15, -0.1) is 0 Å². The smallest absolute Gasteiger partial charge is 0.240 e. The fourth-order valence-electron chi connectivity index (χ4n) is 2.70. The molecule has 1 amide bonds. The van der Waals surface area contributed by atoms with Crippen molar-refractivity contribution >= 4 is 11.7 Å². The standard InChI is InChI=1S/C17H24N2O2/c1-12(14-6-8-15(9-7-14)13(2)20)19-16(21)17(3)10-4-5-11-18-17/h6-9,12,18H,4-5,10-11H2,1-3H3,(H,19,21)/t12-,17?/m0/s1. The summed E-state index contributed by atoms with van der Waals surface area (Å²) >= 11 is 0. The van der Waals surface area contributed by atoms with E-state index in [1.165, 1.54) is 0 Å². The number of piperidine rings is 1. The van der Waals surface area contributed by atoms with Gasteiger partial charge in [0.15, 0.2) is 5.78 Å². The number of benzene rings is 1. The van der Waals surface area contributed by atoms with E-state index >= 15 is 0 Å². The number of hydrogen-bond donors (Lipinski definition) is 2. The van der Waals surface area contributed by atoms with Crippen molar-refractivity contribution in [3.05, 3.63) is 35.4 Å². The van der Waals surface area contributed by atoms with Gasteiger partial charge >= 0.3 is 0 Å². The minimum absolute atomic E-state index is 0.0466. The molecule has 1 heterocycles. The fourth-order valence-corrected chi connectivity index (χ4v) is 2.70. The van der Waals surface area contributed by atoms with Crippen molar-refractivity contribution in [3.8, 4) is 0 Å². The van der Waals surface area contributed by atoms with Gasteiger partial charge in [-0.25, -0.2) is 0 Å². The Morgan fingerprint density at radius 2 is 1.90 bits per heavy atom. The van der Waals surface area contributed by atoms with E-state index in [2.05, 4.69) is 10.6 Å². The van der Waals surface area contributed by atoms with Crippen molar-refractivity contribution in [3.63, 3.8) is 0 Å². The zero-order chi connectivity index (χ0) is 15.5. The van der Waals surface area contributed by atoms with Gasteiger partial charge in [0.1, 0.15) is 0 Å². The molecule has 0 aliphatic carbocycles. The van der Waals surface area contributed by atoms with Crippen LogP contribution in [0.25, 0.3) is 0 Å². The third kappa shape index (κ3) is 3.70. The number of carbonyl (C=O) groups is 2. The highest BCUT2D eigenvalue weighted by Gasteiger charge is 2.34. The lowest BCUT2D eigenvalue weighted by Gasteiger charge is -2.34. The minimum Gasteiger partial charge on any atom is -0.348 e. The maximum absolute atomic E-state index is 12.5. The van der Waals surface area contributed by atoms with Crippen molar-refractivity contribution in [2.75, 3.05) is 6.54 Å². The molecule has 4 heteroatoms. The molecule has 0 radical (unpaired) electrons. The molecule has 4 nitrogen and oxygen atoms in total. The highest BCUT2D eigenvalue weighted by atomic mass is 16.2. The Hall–Kier alpha value is -1.68. The van der Waals surface area contributed by atoms with Crippen molar-refractivity contribution < 1.29 is 9.59 Å². The lowest BCUT2D eigenvalue weighted by Crippen LogP contribution is -2.57. The summed E-state index contributed by atoms with van der Waals surface area (Å²) in [6.45, 7) is 6.38. The molecule has 1 aliphatic rings. The first-order chi connectivity index (χ1) is 9.92. The van der Waals surface area contributed by atoms with Crippen LogP contribution in [0, 0.1) is 0 Å². The van der Waals surface area contributed by atoms with Crippen LogP contribution in [0.1, 0.15) is 62.0 Å². The van der Waals surface area contributed by atoms with Crippen LogP contribution in [0.3, 0.4) is 0 Å². The highest BCUT2D eigenvalue weighted by Crippen LogP contribution is 2.21. The van der Waals surface area contributed by atoms with Gasteiger partial charge in [0, 0.05) is 5.56 Å². The Labute approximate surface area is 126 Å². The van der Waals surface area contributed by atoms with E-state index in [0.717, 1.165) is 31.4 Å². The van der Waals surface area contributed by atoms with Crippen LogP contribution in [-0.4, -0.2) is 23.8 Å². The molecule has 0 saturated carbocycles. The fraction of sp³-hybridized carbons (Fsp3) is 0.529. The highest BCUT2D eigenvalue weighted by molar-refractivity contribution is 5.94. The SMILES string of the molecule is CC(=O)c1ccc([C@H](C)NC(=O)C2(C)CCCCN2)cc1. The van der Waals surface area contributed by atoms with Crippen molar-refractivity contribution in [2.24, 2.45) is 0 Å². The van der Waals surface area contributed by atoms with Gasteiger partial charge in [-0.1, -0.05) is 24.3 Å². The summed E-state index contributed by atoms with van der Waals surface area (Å²) in [5.41, 5.74) is 1.23. The zero-order valence-corrected chi connectivity index (χ0v) is 13.0. The van der Waals surface area contributed by atoms with Crippen LogP contribution in [0.5, 0.6) is 0 Å². The van der Waals surface area contributed by atoms with Gasteiger partial charge in [-0.05, 0) is 52.1 Å². The lowest BCUT2D eigenvalue weighted by molar-refractivity contribution is -0.128. The lowest BCUT2D eigenvalue weighted by atomic mass is 9.89. The largest absolute Gasteiger partial charge is 0.348 e. The van der Waals surface area contributed by atoms with E-state index in [1.54, 1.807) is 19.1 Å². The molecular weight excluding hydrogens is 264 g/mol. The quantitative estimate of drug-likeness (QED) is 0.837. The predicted molar refractivity (Wildman–Crippen MR) is 83.3 cm³/mol. The predicted octanol–water partition coefficient (Wildman–Crippen LogP) is 2.60. The molecule has 2 atom stereocenters. The van der Waals surface area contributed by atoms with Gasteiger partial charge in [0.2, 0.25) is 5.91 Å². The third-order valence-electron chi connectivity index (χ3n) is 4.28. The van der Waals surface area contributed by atoms with Gasteiger partial charge in [0.25, 0.3) is 0 Å². The number of nitrogens with one attached hydrogen (secondary N) is 2. The third-order valence-corrected chi connectivity index (χ3v) is 4.28. The van der Waals surface area contributed by atoms with Gasteiger partial charge in [-0.3, -0.25) is 9.59 Å². The normalized spacial score (nSPS) is 23.4. The topological polar surface area (TPSA) is 58.2 Å². The molecule has 1 fully saturated rings. The second-order valence-electron chi connectivity index (χ2n) is 6.09. The molecule has 1 unspecified atom stereocenters. The molecule has 21 heavy (non-hydrogen) atoms. The number of rotatable bonds is 4. The molecule has 2 N–H and O–H groups in total. The van der Waals surface area contributed by atoms with Crippen molar-refractivity contribution in [1.82, 2.24) is 10.6 Å². The number of hydrogen-bond acceptors (Lipinski definition) is 3. The Morgan fingerprint density at radius 3 is 2.43 bits per heavy atom. The second kappa shape index (κ2) is 6.39. The minimum atomic E-state index is -0.466. The monoisotopic (exact) mass is 288 g/mol. The molecule has 0 aromatic heterocycles. The number of carbonyl (C=O) groups excluding carboxylic acids is 2. The number of ketones is 1. The van der Waals surface area contributed by atoms with Crippen LogP contribution in [0.2, 0.25) is 0 Å². The average Bonchev–Trinajstić information content (AvgIpc) is 2.48. The summed E-state index contributed by atoms with van der Waals surface area (Å²) in [6.07, 6.45) is 3.08. The zero-order valence-electron chi connectivity index (χ0n) is 13.0. The molecule has 0 spiro atoms. The summed E-state index contributed by atoms with van der Waals surface area (Å²) in [5, 5.41) is 6.39. The molecule has 114 valence electrons. The molecular formula is C17H24N2O2. The Balaban J connectivity index is 2.01. The van der Waals surface area contributed by atoms with E-state index in [0.29, 0.717) is 5.56 Å². The van der Waals surface area contributed by atoms with Crippen LogP contribution in [0.4, 0.5) is 0 Å². The number of amides is 1. The van der Waals surface area contributed by atoms with Gasteiger partial charge < -0.3 is 10.6 Å². The first kappa shape index (κ1) is 15.7. The number of Topliss-reactive ketones (excluding diaryl/α,β-unsaturated/α-hetero) is 1. The first-order valence-electron chi connectivity index (χ1n) is 7.59. The molecule has 1 aliphatic heterocycles. The maximum Gasteiger partial charge on any atom is 0.240 e. The molecule has 1 saturated heterocycles. The first-order valence-corrected chi connectivity index (χ1v) is 7.59. The van der Waals surface area contributed by atoms with Crippen molar-refractivity contribution in [1.29, 1.82) is 0 Å². The van der Waals surface area contributed by atoms with E-state index < -0.39 is 5.54 Å². The summed E-state index contributed by atoms with van der Waals surface area (Å²) in [6, 6.07) is 7.34. The Bertz CT molecular complexity index is 516. The maximum atomic E-state index is 12.5. The second-order valence-corrected chi connectivity index (χ2v) is 6.09. The molecule has 1 aromatic carbocycles. The average molecular weight is 288 g/mol. The van der Waals surface area contributed by atoms with Gasteiger partial charge in [-0.2, -0.15) is 0 Å². The van der Waals surface area contributed by atoms with E-state index in [9.17, 15) is 9.59 Å². The van der Waals surface area contributed by atoms with Crippen LogP contribution < -0.4 is 10.6 Å². The molecule has 0 bridgehead atoms. The van der Waals surface area contributed by atoms with E-state index in [4.69, 9.17) is 0 Å². The summed E-state index contributed by atoms with van der Waals surface area (Å²) in [5.74, 6) is 0.0995. The Kier molecular flexibility index (Phi) is 4.78. The van der Waals surface area contributed by atoms with E-state index in [-0.39, 0.29) is 17.7 Å².